The third-order valence-corrected chi connectivity index (χ3v) is 4.54. The standard InChI is InChI=1S/C19H17FN2O3S/c1-3-21-17(23)14(18(24)22(4-2)19(21)26)11-12-9-10-16(25-12)13-7-5-6-8-15(13)20/h5-11H,3-4H2,1-2H3. The Labute approximate surface area is 155 Å². The van der Waals surface area contributed by atoms with Crippen molar-refractivity contribution in [2.45, 2.75) is 13.8 Å². The molecule has 26 heavy (non-hydrogen) atoms. The molecule has 5 nitrogen and oxygen atoms in total. The highest BCUT2D eigenvalue weighted by Gasteiger charge is 2.38. The molecule has 0 radical (unpaired) electrons. The van der Waals surface area contributed by atoms with Crippen LogP contribution < -0.4 is 0 Å². The second-order valence-electron chi connectivity index (χ2n) is 5.62. The van der Waals surface area contributed by atoms with Crippen molar-refractivity contribution in [3.63, 3.8) is 0 Å². The highest BCUT2D eigenvalue weighted by Crippen LogP contribution is 2.27. The summed E-state index contributed by atoms with van der Waals surface area (Å²) in [6, 6.07) is 9.41. The lowest BCUT2D eigenvalue weighted by Crippen LogP contribution is -2.55. The van der Waals surface area contributed by atoms with E-state index in [0.717, 1.165) is 0 Å². The van der Waals surface area contributed by atoms with Crippen LogP contribution in [0.2, 0.25) is 0 Å². The number of carbonyl (C=O) groups is 2. The van der Waals surface area contributed by atoms with Gasteiger partial charge in [-0.25, -0.2) is 4.39 Å². The van der Waals surface area contributed by atoms with Gasteiger partial charge in [0.1, 0.15) is 22.9 Å². The van der Waals surface area contributed by atoms with Gasteiger partial charge in [-0.3, -0.25) is 19.4 Å². The van der Waals surface area contributed by atoms with Crippen LogP contribution in [0.4, 0.5) is 4.39 Å². The molecule has 2 heterocycles. The number of rotatable bonds is 4. The van der Waals surface area contributed by atoms with Gasteiger partial charge in [0.25, 0.3) is 11.8 Å². The van der Waals surface area contributed by atoms with Gasteiger partial charge in [0.15, 0.2) is 5.11 Å². The minimum absolute atomic E-state index is 0.0308. The van der Waals surface area contributed by atoms with E-state index >= 15 is 0 Å². The smallest absolute Gasteiger partial charge is 0.265 e. The lowest BCUT2D eigenvalue weighted by atomic mass is 10.1. The summed E-state index contributed by atoms with van der Waals surface area (Å²) in [5.41, 5.74) is 0.279. The normalized spacial score (nSPS) is 15.0. The maximum Gasteiger partial charge on any atom is 0.265 e. The average molecular weight is 372 g/mol. The van der Waals surface area contributed by atoms with E-state index in [1.165, 1.54) is 21.9 Å². The molecule has 0 aliphatic carbocycles. The van der Waals surface area contributed by atoms with E-state index in [4.69, 9.17) is 16.6 Å². The number of halogens is 1. The highest BCUT2D eigenvalue weighted by molar-refractivity contribution is 7.80. The van der Waals surface area contributed by atoms with Crippen molar-refractivity contribution in [2.75, 3.05) is 13.1 Å². The number of furan rings is 1. The van der Waals surface area contributed by atoms with E-state index in [0.29, 0.717) is 30.2 Å². The third kappa shape index (κ3) is 3.06. The maximum atomic E-state index is 13.9. The summed E-state index contributed by atoms with van der Waals surface area (Å²) in [6.07, 6.45) is 1.38. The van der Waals surface area contributed by atoms with Crippen molar-refractivity contribution < 1.29 is 18.4 Å². The van der Waals surface area contributed by atoms with Crippen molar-refractivity contribution in [1.29, 1.82) is 0 Å². The van der Waals surface area contributed by atoms with E-state index in [9.17, 15) is 14.0 Å². The number of hydrogen-bond donors (Lipinski definition) is 0. The fourth-order valence-corrected chi connectivity index (χ4v) is 3.19. The zero-order valence-corrected chi connectivity index (χ0v) is 15.2. The predicted octanol–water partition coefficient (Wildman–Crippen LogP) is 3.46. The molecule has 2 aromatic rings. The Kier molecular flexibility index (Phi) is 4.99. The fourth-order valence-electron chi connectivity index (χ4n) is 2.76. The predicted molar refractivity (Wildman–Crippen MR) is 99.5 cm³/mol. The van der Waals surface area contributed by atoms with Crippen molar-refractivity contribution in [2.24, 2.45) is 0 Å². The first-order valence-electron chi connectivity index (χ1n) is 8.22. The van der Waals surface area contributed by atoms with E-state index in [1.54, 1.807) is 44.2 Å². The summed E-state index contributed by atoms with van der Waals surface area (Å²) in [6.45, 7) is 4.29. The molecule has 0 spiro atoms. The first-order valence-corrected chi connectivity index (χ1v) is 8.62. The second-order valence-corrected chi connectivity index (χ2v) is 5.99. The lowest BCUT2D eigenvalue weighted by Gasteiger charge is -2.35. The summed E-state index contributed by atoms with van der Waals surface area (Å²) in [4.78, 5) is 27.9. The van der Waals surface area contributed by atoms with Crippen LogP contribution in [0, 0.1) is 5.82 Å². The lowest BCUT2D eigenvalue weighted by molar-refractivity contribution is -0.133. The van der Waals surface area contributed by atoms with Crippen LogP contribution in [0.3, 0.4) is 0 Å². The first-order chi connectivity index (χ1) is 12.5. The molecule has 1 aromatic carbocycles. The molecule has 0 saturated carbocycles. The van der Waals surface area contributed by atoms with Gasteiger partial charge in [0, 0.05) is 13.1 Å². The number of benzene rings is 1. The summed E-state index contributed by atoms with van der Waals surface area (Å²) in [7, 11) is 0. The van der Waals surface area contributed by atoms with Crippen LogP contribution in [-0.2, 0) is 9.59 Å². The van der Waals surface area contributed by atoms with Gasteiger partial charge in [-0.15, -0.1) is 0 Å². The molecule has 3 rings (SSSR count). The molecule has 0 unspecified atom stereocenters. The SMILES string of the molecule is CCN1C(=O)C(=Cc2ccc(-c3ccccc3F)o2)C(=O)N(CC)C1=S. The molecule has 1 saturated heterocycles. The highest BCUT2D eigenvalue weighted by atomic mass is 32.1. The first kappa shape index (κ1) is 18.0. The topological polar surface area (TPSA) is 53.8 Å². The molecular weight excluding hydrogens is 355 g/mol. The van der Waals surface area contributed by atoms with Gasteiger partial charge in [-0.05, 0) is 56.4 Å². The van der Waals surface area contributed by atoms with Crippen LogP contribution in [0.1, 0.15) is 19.6 Å². The molecule has 7 heteroatoms. The monoisotopic (exact) mass is 372 g/mol. The van der Waals surface area contributed by atoms with Crippen molar-refractivity contribution in [3.05, 3.63) is 53.5 Å². The Morgan fingerprint density at radius 3 is 2.23 bits per heavy atom. The Morgan fingerprint density at radius 2 is 1.65 bits per heavy atom. The molecule has 134 valence electrons. The zero-order valence-electron chi connectivity index (χ0n) is 14.4. The third-order valence-electron chi connectivity index (χ3n) is 4.10. The quantitative estimate of drug-likeness (QED) is 0.469. The van der Waals surface area contributed by atoms with Gasteiger partial charge in [0.05, 0.1) is 5.56 Å². The summed E-state index contributed by atoms with van der Waals surface area (Å²) >= 11 is 5.22. The summed E-state index contributed by atoms with van der Waals surface area (Å²) in [5, 5.41) is 0.202. The Hall–Kier alpha value is -2.80. The van der Waals surface area contributed by atoms with Gasteiger partial charge < -0.3 is 4.42 Å². The fraction of sp³-hybridized carbons (Fsp3) is 0.211. The minimum Gasteiger partial charge on any atom is -0.457 e. The summed E-state index contributed by atoms with van der Waals surface area (Å²) < 4.78 is 19.5. The van der Waals surface area contributed by atoms with E-state index in [2.05, 4.69) is 0 Å². The number of hydrogen-bond acceptors (Lipinski definition) is 4. The maximum absolute atomic E-state index is 13.9. The van der Waals surface area contributed by atoms with Crippen molar-refractivity contribution >= 4 is 35.2 Å². The molecule has 0 bridgehead atoms. The minimum atomic E-state index is -0.462. The average Bonchev–Trinajstić information content (AvgIpc) is 3.08. The van der Waals surface area contributed by atoms with Crippen LogP contribution in [0.25, 0.3) is 17.4 Å². The number of likely N-dealkylation sites (N-methyl/N-ethyl adjacent to an activating group) is 2. The van der Waals surface area contributed by atoms with Crippen LogP contribution >= 0.6 is 12.2 Å². The zero-order chi connectivity index (χ0) is 18.8. The van der Waals surface area contributed by atoms with Gasteiger partial charge in [-0.1, -0.05) is 12.1 Å². The Balaban J connectivity index is 1.99. The number of nitrogens with zero attached hydrogens (tertiary/aromatic N) is 2. The molecule has 0 atom stereocenters. The molecule has 1 aliphatic rings. The molecule has 0 N–H and O–H groups in total. The number of carbonyl (C=O) groups excluding carboxylic acids is 2. The van der Waals surface area contributed by atoms with Crippen molar-refractivity contribution in [3.8, 4) is 11.3 Å². The molecule has 1 aliphatic heterocycles. The van der Waals surface area contributed by atoms with Gasteiger partial charge in [-0.2, -0.15) is 0 Å². The molecular formula is C19H17FN2O3S. The second kappa shape index (κ2) is 7.21. The number of amides is 2. The van der Waals surface area contributed by atoms with Gasteiger partial charge >= 0.3 is 0 Å². The Bertz CT molecular complexity index is 891. The van der Waals surface area contributed by atoms with Crippen molar-refractivity contribution in [1.82, 2.24) is 9.80 Å². The Morgan fingerprint density at radius 1 is 1.04 bits per heavy atom. The van der Waals surface area contributed by atoms with E-state index < -0.39 is 17.6 Å². The molecule has 1 fully saturated rings. The molecule has 2 amide bonds. The number of thiocarbonyl (C=S) groups is 1. The van der Waals surface area contributed by atoms with E-state index in [-0.39, 0.29) is 10.7 Å². The van der Waals surface area contributed by atoms with Crippen LogP contribution in [-0.4, -0.2) is 39.8 Å². The van der Waals surface area contributed by atoms with E-state index in [1.807, 2.05) is 0 Å². The van der Waals surface area contributed by atoms with Gasteiger partial charge in [0.2, 0.25) is 0 Å². The largest absolute Gasteiger partial charge is 0.457 e. The summed E-state index contributed by atoms with van der Waals surface area (Å²) in [5.74, 6) is -0.724. The molecule has 1 aromatic heterocycles. The van der Waals surface area contributed by atoms with Crippen LogP contribution in [0.5, 0.6) is 0 Å². The van der Waals surface area contributed by atoms with Crippen LogP contribution in [0.15, 0.2) is 46.4 Å².